The number of para-hydroxylation sites is 1. The Hall–Kier alpha value is -1.97. The van der Waals surface area contributed by atoms with Gasteiger partial charge in [-0.2, -0.15) is 0 Å². The average Bonchev–Trinajstić information content (AvgIpc) is 2.71. The van der Waals surface area contributed by atoms with E-state index in [4.69, 9.17) is 4.74 Å². The zero-order valence-electron chi connectivity index (χ0n) is 16.4. The maximum atomic E-state index is 12.7. The zero-order valence-corrected chi connectivity index (χ0v) is 17.3. The van der Waals surface area contributed by atoms with Gasteiger partial charge in [0.15, 0.2) is 0 Å². The summed E-state index contributed by atoms with van der Waals surface area (Å²) in [4.78, 5) is 25.1. The molecule has 9 heteroatoms. The number of ether oxygens (including phenoxy) is 1. The predicted octanol–water partition coefficient (Wildman–Crippen LogP) is 1.45. The van der Waals surface area contributed by atoms with Crippen LogP contribution >= 0.6 is 0 Å². The van der Waals surface area contributed by atoms with Crippen LogP contribution in [0.25, 0.3) is 0 Å². The van der Waals surface area contributed by atoms with E-state index in [1.807, 2.05) is 0 Å². The summed E-state index contributed by atoms with van der Waals surface area (Å²) in [6.07, 6.45) is 1.95. The van der Waals surface area contributed by atoms with E-state index in [1.165, 1.54) is 4.31 Å². The molecule has 0 spiro atoms. The standard InChI is InChI=1S/C19H29N3O5S/c1-3-28(25,26)22-12-6-8-15(14-22)18(23)21-17-10-5-4-9-16(17)19(24)20-11-7-13-27-2/h4-5,9-10,15H,3,6-8,11-14H2,1-2H3,(H,20,24)(H,21,23)/t15-/m1/s1. The van der Waals surface area contributed by atoms with Gasteiger partial charge in [0.1, 0.15) is 0 Å². The molecule has 0 aromatic heterocycles. The van der Waals surface area contributed by atoms with E-state index in [0.29, 0.717) is 50.2 Å². The van der Waals surface area contributed by atoms with E-state index in [-0.39, 0.29) is 24.1 Å². The number of benzene rings is 1. The van der Waals surface area contributed by atoms with Crippen molar-refractivity contribution in [2.75, 3.05) is 44.4 Å². The largest absolute Gasteiger partial charge is 0.385 e. The van der Waals surface area contributed by atoms with Gasteiger partial charge in [-0.25, -0.2) is 12.7 Å². The maximum absolute atomic E-state index is 12.7. The molecule has 1 fully saturated rings. The van der Waals surface area contributed by atoms with E-state index in [1.54, 1.807) is 38.3 Å². The molecule has 1 atom stereocenters. The number of piperidine rings is 1. The van der Waals surface area contributed by atoms with Crippen LogP contribution in [-0.4, -0.2) is 63.6 Å². The Morgan fingerprint density at radius 3 is 2.75 bits per heavy atom. The molecule has 1 saturated heterocycles. The van der Waals surface area contributed by atoms with Crippen molar-refractivity contribution >= 4 is 27.5 Å². The van der Waals surface area contributed by atoms with Gasteiger partial charge < -0.3 is 15.4 Å². The fraction of sp³-hybridized carbons (Fsp3) is 0.579. The van der Waals surface area contributed by atoms with Crippen LogP contribution in [0.3, 0.4) is 0 Å². The first kappa shape index (κ1) is 22.3. The number of rotatable bonds is 9. The van der Waals surface area contributed by atoms with Crippen molar-refractivity contribution in [1.29, 1.82) is 0 Å². The Morgan fingerprint density at radius 2 is 2.04 bits per heavy atom. The second-order valence-electron chi connectivity index (χ2n) is 6.73. The summed E-state index contributed by atoms with van der Waals surface area (Å²) >= 11 is 0. The van der Waals surface area contributed by atoms with Gasteiger partial charge in [0.25, 0.3) is 5.91 Å². The predicted molar refractivity (Wildman–Crippen MR) is 108 cm³/mol. The first-order valence-corrected chi connectivity index (χ1v) is 11.1. The number of sulfonamides is 1. The topological polar surface area (TPSA) is 105 Å². The Kier molecular flexibility index (Phi) is 8.40. The number of carbonyl (C=O) groups is 2. The summed E-state index contributed by atoms with van der Waals surface area (Å²) in [7, 11) is -1.72. The van der Waals surface area contributed by atoms with Crippen LogP contribution < -0.4 is 10.6 Å². The molecule has 28 heavy (non-hydrogen) atoms. The van der Waals surface area contributed by atoms with E-state index in [9.17, 15) is 18.0 Å². The zero-order chi connectivity index (χ0) is 20.6. The Bertz CT molecular complexity index is 782. The summed E-state index contributed by atoms with van der Waals surface area (Å²) in [5, 5.41) is 5.61. The van der Waals surface area contributed by atoms with E-state index in [0.717, 1.165) is 0 Å². The van der Waals surface area contributed by atoms with Gasteiger partial charge in [-0.3, -0.25) is 9.59 Å². The number of nitrogens with one attached hydrogen (secondary N) is 2. The summed E-state index contributed by atoms with van der Waals surface area (Å²) in [5.41, 5.74) is 0.800. The first-order valence-electron chi connectivity index (χ1n) is 9.54. The molecule has 2 N–H and O–H groups in total. The lowest BCUT2D eigenvalue weighted by molar-refractivity contribution is -0.120. The second-order valence-corrected chi connectivity index (χ2v) is 8.99. The van der Waals surface area contributed by atoms with Crippen molar-refractivity contribution < 1.29 is 22.7 Å². The number of anilines is 1. The molecule has 1 aromatic rings. The highest BCUT2D eigenvalue weighted by molar-refractivity contribution is 7.89. The average molecular weight is 412 g/mol. The van der Waals surface area contributed by atoms with E-state index >= 15 is 0 Å². The number of methoxy groups -OCH3 is 1. The molecule has 1 aliphatic rings. The molecular formula is C19H29N3O5S. The van der Waals surface area contributed by atoms with Crippen LogP contribution in [0.2, 0.25) is 0 Å². The molecule has 8 nitrogen and oxygen atoms in total. The Morgan fingerprint density at radius 1 is 1.29 bits per heavy atom. The third kappa shape index (κ3) is 6.02. The molecule has 156 valence electrons. The third-order valence-electron chi connectivity index (χ3n) is 4.75. The monoisotopic (exact) mass is 411 g/mol. The molecule has 0 unspecified atom stereocenters. The lowest BCUT2D eigenvalue weighted by atomic mass is 9.98. The number of amides is 2. The fourth-order valence-electron chi connectivity index (χ4n) is 3.13. The fourth-order valence-corrected chi connectivity index (χ4v) is 4.31. The van der Waals surface area contributed by atoms with Gasteiger partial charge in [-0.1, -0.05) is 12.1 Å². The molecule has 0 aliphatic carbocycles. The van der Waals surface area contributed by atoms with Crippen molar-refractivity contribution in [1.82, 2.24) is 9.62 Å². The number of hydrogen-bond donors (Lipinski definition) is 2. The van der Waals surface area contributed by atoms with Crippen LogP contribution in [0.5, 0.6) is 0 Å². The third-order valence-corrected chi connectivity index (χ3v) is 6.60. The summed E-state index contributed by atoms with van der Waals surface area (Å²) in [5.74, 6) is -0.956. The minimum Gasteiger partial charge on any atom is -0.385 e. The van der Waals surface area contributed by atoms with E-state index < -0.39 is 15.9 Å². The van der Waals surface area contributed by atoms with Crippen molar-refractivity contribution in [2.45, 2.75) is 26.2 Å². The molecule has 2 amide bonds. The minimum absolute atomic E-state index is 0.0212. The lowest BCUT2D eigenvalue weighted by Gasteiger charge is -2.31. The summed E-state index contributed by atoms with van der Waals surface area (Å²) in [6.45, 7) is 3.24. The van der Waals surface area contributed by atoms with Crippen LogP contribution in [0.4, 0.5) is 5.69 Å². The second kappa shape index (κ2) is 10.5. The maximum Gasteiger partial charge on any atom is 0.253 e. The molecule has 2 rings (SSSR count). The molecule has 0 bridgehead atoms. The summed E-state index contributed by atoms with van der Waals surface area (Å²) in [6, 6.07) is 6.79. The first-order chi connectivity index (χ1) is 13.4. The highest BCUT2D eigenvalue weighted by Gasteiger charge is 2.31. The number of nitrogens with zero attached hydrogens (tertiary/aromatic N) is 1. The molecule has 0 saturated carbocycles. The highest BCUT2D eigenvalue weighted by Crippen LogP contribution is 2.22. The quantitative estimate of drug-likeness (QED) is 0.599. The van der Waals surface area contributed by atoms with Gasteiger partial charge in [-0.05, 0) is 38.3 Å². The van der Waals surface area contributed by atoms with Gasteiger partial charge >= 0.3 is 0 Å². The van der Waals surface area contributed by atoms with Gasteiger partial charge in [-0.15, -0.1) is 0 Å². The highest BCUT2D eigenvalue weighted by atomic mass is 32.2. The van der Waals surface area contributed by atoms with Crippen LogP contribution in [-0.2, 0) is 19.6 Å². The lowest BCUT2D eigenvalue weighted by Crippen LogP contribution is -2.44. The minimum atomic E-state index is -3.32. The van der Waals surface area contributed by atoms with Crippen molar-refractivity contribution in [3.63, 3.8) is 0 Å². The van der Waals surface area contributed by atoms with Crippen molar-refractivity contribution in [2.24, 2.45) is 5.92 Å². The number of hydrogen-bond acceptors (Lipinski definition) is 5. The normalized spacial score (nSPS) is 17.9. The van der Waals surface area contributed by atoms with Gasteiger partial charge in [0.05, 0.1) is 22.9 Å². The van der Waals surface area contributed by atoms with Crippen molar-refractivity contribution in [3.8, 4) is 0 Å². The summed E-state index contributed by atoms with van der Waals surface area (Å²) < 4.78 is 30.5. The van der Waals surface area contributed by atoms with Crippen molar-refractivity contribution in [3.05, 3.63) is 29.8 Å². The smallest absolute Gasteiger partial charge is 0.253 e. The van der Waals surface area contributed by atoms with E-state index in [2.05, 4.69) is 10.6 Å². The Balaban J connectivity index is 2.03. The molecule has 1 heterocycles. The molecular weight excluding hydrogens is 382 g/mol. The molecule has 0 radical (unpaired) electrons. The molecule has 1 aliphatic heterocycles. The SMILES string of the molecule is CCS(=O)(=O)N1CCC[C@@H](C(=O)Nc2ccccc2C(=O)NCCCOC)C1. The Labute approximate surface area is 166 Å². The number of carbonyl (C=O) groups excluding carboxylic acids is 2. The van der Waals surface area contributed by atoms with Crippen LogP contribution in [0, 0.1) is 5.92 Å². The van der Waals surface area contributed by atoms with Crippen LogP contribution in [0.1, 0.15) is 36.5 Å². The van der Waals surface area contributed by atoms with Gasteiger partial charge in [0, 0.05) is 33.4 Å². The van der Waals surface area contributed by atoms with Crippen LogP contribution in [0.15, 0.2) is 24.3 Å². The molecule has 1 aromatic carbocycles. The van der Waals surface area contributed by atoms with Gasteiger partial charge in [0.2, 0.25) is 15.9 Å².